The first-order chi connectivity index (χ1) is 14.7. The van der Waals surface area contributed by atoms with Gasteiger partial charge in [0.1, 0.15) is 0 Å². The average Bonchev–Trinajstić information content (AvgIpc) is 3.46. The molecule has 0 atom stereocenters. The van der Waals surface area contributed by atoms with Gasteiger partial charge in [-0.3, -0.25) is 9.20 Å². The van der Waals surface area contributed by atoms with Crippen LogP contribution in [0.15, 0.2) is 42.4 Å². The molecule has 5 rings (SSSR count). The van der Waals surface area contributed by atoms with Crippen LogP contribution in [0, 0.1) is 0 Å². The van der Waals surface area contributed by atoms with Gasteiger partial charge in [-0.15, -0.1) is 24.4 Å². The molecule has 10 nitrogen and oxygen atoms in total. The maximum Gasteiger partial charge on any atom is 1.00 e. The number of fused-ring (bicyclic) bond motifs is 1. The molecule has 1 saturated heterocycles. The number of hydrogen-bond donors (Lipinski definition) is 2. The minimum atomic E-state index is -0.443. The second-order valence-electron chi connectivity index (χ2n) is 6.73. The van der Waals surface area contributed by atoms with E-state index in [0.29, 0.717) is 22.3 Å². The summed E-state index contributed by atoms with van der Waals surface area (Å²) >= 11 is 1.31. The Hall–Kier alpha value is -1.76. The monoisotopic (exact) mass is 505 g/mol. The molecule has 1 aliphatic heterocycles. The van der Waals surface area contributed by atoms with Gasteiger partial charge >= 0.3 is 58.2 Å². The van der Waals surface area contributed by atoms with E-state index in [0.717, 1.165) is 43.1 Å². The van der Waals surface area contributed by atoms with Crippen LogP contribution in [0.2, 0.25) is 0 Å². The van der Waals surface area contributed by atoms with Crippen molar-refractivity contribution in [2.45, 2.75) is 0 Å². The molecule has 1 aliphatic rings. The fourth-order valence-corrected chi connectivity index (χ4v) is 4.07. The predicted molar refractivity (Wildman–Crippen MR) is 115 cm³/mol. The van der Waals surface area contributed by atoms with Gasteiger partial charge in [-0.25, -0.2) is 19.9 Å². The molecule has 1 fully saturated rings. The molecule has 0 bridgehead atoms. The zero-order valence-corrected chi connectivity index (χ0v) is 22.6. The molecule has 5 heterocycles. The first kappa shape index (κ1) is 22.4. The first-order valence-corrected chi connectivity index (χ1v) is 10.2. The van der Waals surface area contributed by atoms with Crippen molar-refractivity contribution in [3.05, 3.63) is 52.6 Å². The van der Waals surface area contributed by atoms with E-state index in [1.807, 2.05) is 16.0 Å². The summed E-state index contributed by atoms with van der Waals surface area (Å²) in [4.78, 5) is 31.9. The van der Waals surface area contributed by atoms with Gasteiger partial charge < -0.3 is 21.3 Å². The van der Waals surface area contributed by atoms with E-state index < -0.39 is 5.91 Å². The van der Waals surface area contributed by atoms with Crippen LogP contribution in [0.1, 0.15) is 9.67 Å². The van der Waals surface area contributed by atoms with Crippen molar-refractivity contribution >= 4 is 40.3 Å². The summed E-state index contributed by atoms with van der Waals surface area (Å²) < 4.78 is 1.91. The topological polar surface area (TPSA) is 128 Å². The zero-order chi connectivity index (χ0) is 20.5. The fourth-order valence-electron chi connectivity index (χ4n) is 3.31. The molecule has 0 unspecified atom stereocenters. The van der Waals surface area contributed by atoms with Gasteiger partial charge in [0.05, 0.1) is 34.8 Å². The summed E-state index contributed by atoms with van der Waals surface area (Å²) in [5.74, 6) is 0.844. The number of nitrogens with two attached hydrogens (primary N) is 1. The molecule has 0 aromatic carbocycles. The second-order valence-corrected chi connectivity index (χ2v) is 7.64. The number of nitrogens with one attached hydrogen (secondary N) is 1. The minimum absolute atomic E-state index is 0. The van der Waals surface area contributed by atoms with Crippen LogP contribution in [0.5, 0.6) is 0 Å². The molecular formula is C19H18N9ORbS. The zero-order valence-electron chi connectivity index (χ0n) is 16.9. The summed E-state index contributed by atoms with van der Waals surface area (Å²) in [6.07, 6.45) is 8.76. The van der Waals surface area contributed by atoms with Crippen LogP contribution < -0.4 is 74.1 Å². The largest absolute Gasteiger partial charge is 1.00 e. The number of aromatic nitrogens is 5. The molecule has 0 spiro atoms. The number of thiophene rings is 1. The Morgan fingerprint density at radius 2 is 1.90 bits per heavy atom. The maximum absolute atomic E-state index is 11.4. The number of hydrogen-bond acceptors (Lipinski definition) is 8. The Bertz CT molecular complexity index is 1200. The van der Waals surface area contributed by atoms with Gasteiger partial charge in [-0.05, 0) is 6.07 Å². The average molecular weight is 506 g/mol. The molecule has 3 N–H and O–H groups in total. The molecule has 0 saturated carbocycles. The van der Waals surface area contributed by atoms with Crippen LogP contribution in [0.25, 0.3) is 22.2 Å². The number of amides is 1. The normalized spacial score (nSPS) is 13.7. The summed E-state index contributed by atoms with van der Waals surface area (Å²) in [6, 6.07) is 1.76. The SMILES string of the molecule is NC(=O)c1cc(-c2cnc(Nc3cnc(N4CC[N-]CC4)nc3)c3nccn23)cs1.[Rb+]. The third-order valence-corrected chi connectivity index (χ3v) is 5.75. The maximum atomic E-state index is 11.4. The van der Waals surface area contributed by atoms with Crippen LogP contribution in [-0.2, 0) is 0 Å². The summed E-state index contributed by atoms with van der Waals surface area (Å²) in [5, 5.41) is 9.46. The number of nitrogens with zero attached hydrogens (tertiary/aromatic N) is 7. The number of carbonyl (C=O) groups is 1. The molecule has 12 heteroatoms. The fraction of sp³-hybridized carbons (Fsp3) is 0.211. The number of anilines is 3. The van der Waals surface area contributed by atoms with Crippen molar-refractivity contribution in [2.75, 3.05) is 36.4 Å². The van der Waals surface area contributed by atoms with E-state index in [4.69, 9.17) is 5.73 Å². The van der Waals surface area contributed by atoms with Crippen LogP contribution >= 0.6 is 11.3 Å². The summed E-state index contributed by atoms with van der Waals surface area (Å²) in [5.41, 5.74) is 8.42. The van der Waals surface area contributed by atoms with E-state index in [-0.39, 0.29) is 58.2 Å². The molecule has 152 valence electrons. The minimum Gasteiger partial charge on any atom is -0.659 e. The van der Waals surface area contributed by atoms with Crippen molar-refractivity contribution in [1.29, 1.82) is 0 Å². The van der Waals surface area contributed by atoms with Gasteiger partial charge in [-0.2, -0.15) is 0 Å². The quantitative estimate of drug-likeness (QED) is 0.366. The Kier molecular flexibility index (Phi) is 7.09. The van der Waals surface area contributed by atoms with Gasteiger partial charge in [0, 0.05) is 36.4 Å². The Balaban J connectivity index is 0.00000231. The van der Waals surface area contributed by atoms with Gasteiger partial charge in [0.2, 0.25) is 5.95 Å². The third-order valence-electron chi connectivity index (χ3n) is 4.81. The number of carbonyl (C=O) groups excluding carboxylic acids is 1. The molecular weight excluding hydrogens is 488 g/mol. The van der Waals surface area contributed by atoms with Crippen molar-refractivity contribution < 1.29 is 63.0 Å². The van der Waals surface area contributed by atoms with Gasteiger partial charge in [0.15, 0.2) is 11.5 Å². The molecule has 0 radical (unpaired) electrons. The van der Waals surface area contributed by atoms with Crippen LogP contribution in [0.3, 0.4) is 0 Å². The van der Waals surface area contributed by atoms with Crippen LogP contribution in [0.4, 0.5) is 17.5 Å². The summed E-state index contributed by atoms with van der Waals surface area (Å²) in [7, 11) is 0. The van der Waals surface area contributed by atoms with Crippen molar-refractivity contribution in [3.63, 3.8) is 0 Å². The third kappa shape index (κ3) is 4.71. The smallest absolute Gasteiger partial charge is 0.659 e. The Morgan fingerprint density at radius 3 is 2.61 bits per heavy atom. The van der Waals surface area contributed by atoms with E-state index >= 15 is 0 Å². The van der Waals surface area contributed by atoms with E-state index in [2.05, 4.69) is 35.5 Å². The predicted octanol–water partition coefficient (Wildman–Crippen LogP) is -0.712. The van der Waals surface area contributed by atoms with E-state index in [9.17, 15) is 4.79 Å². The van der Waals surface area contributed by atoms with E-state index in [1.165, 1.54) is 11.3 Å². The van der Waals surface area contributed by atoms with Gasteiger partial charge in [0.25, 0.3) is 5.91 Å². The van der Waals surface area contributed by atoms with Crippen molar-refractivity contribution in [3.8, 4) is 11.3 Å². The number of rotatable bonds is 5. The Labute approximate surface area is 231 Å². The molecule has 4 aromatic rings. The molecule has 31 heavy (non-hydrogen) atoms. The Morgan fingerprint density at radius 1 is 1.13 bits per heavy atom. The standard InChI is InChI=1S/C19H18N9OS.Rb/c20-16(29)15-7-12(11-30-15)14-10-23-17(18-22-3-6-28(14)18)26-13-8-24-19(25-9-13)27-4-1-21-2-5-27;/h3,6-11H,1-2,4-5H2,(H2,20,29)(H,23,26);/q-1;+1. The first-order valence-electron chi connectivity index (χ1n) is 9.37. The summed E-state index contributed by atoms with van der Waals surface area (Å²) in [6.45, 7) is 3.29. The number of primary amides is 1. The van der Waals surface area contributed by atoms with Gasteiger partial charge in [-0.1, -0.05) is 0 Å². The van der Waals surface area contributed by atoms with Crippen molar-refractivity contribution in [2.24, 2.45) is 5.73 Å². The molecule has 1 amide bonds. The molecule has 0 aliphatic carbocycles. The van der Waals surface area contributed by atoms with Crippen molar-refractivity contribution in [1.82, 2.24) is 24.3 Å². The number of piperazine rings is 1. The van der Waals surface area contributed by atoms with Crippen LogP contribution in [-0.4, -0.2) is 56.4 Å². The second kappa shape index (κ2) is 9.80. The van der Waals surface area contributed by atoms with E-state index in [1.54, 1.807) is 30.9 Å². The number of imidazole rings is 1. The molecule has 4 aromatic heterocycles.